The van der Waals surface area contributed by atoms with Crippen molar-refractivity contribution in [1.82, 2.24) is 0 Å². The van der Waals surface area contributed by atoms with Gasteiger partial charge in [0.25, 0.3) is 5.91 Å². The van der Waals surface area contributed by atoms with E-state index in [0.717, 1.165) is 12.8 Å². The molecule has 3 amide bonds. The summed E-state index contributed by atoms with van der Waals surface area (Å²) in [5.74, 6) is -0.257. The topological polar surface area (TPSA) is 87.3 Å². The van der Waals surface area contributed by atoms with Gasteiger partial charge >= 0.3 is 0 Å². The molecule has 0 heterocycles. The molecule has 0 bridgehead atoms. The molecule has 134 valence electrons. The predicted molar refractivity (Wildman–Crippen MR) is 101 cm³/mol. The van der Waals surface area contributed by atoms with Crippen molar-refractivity contribution in [2.24, 2.45) is 5.92 Å². The lowest BCUT2D eigenvalue weighted by molar-refractivity contribution is -0.117. The fraction of sp³-hybridized carbons (Fsp3) is 0.250. The molecule has 26 heavy (non-hydrogen) atoms. The van der Waals surface area contributed by atoms with E-state index in [0.29, 0.717) is 29.0 Å². The highest BCUT2D eigenvalue weighted by Crippen LogP contribution is 2.30. The summed E-state index contributed by atoms with van der Waals surface area (Å²) in [6.45, 7) is 1.76. The van der Waals surface area contributed by atoms with Gasteiger partial charge < -0.3 is 16.0 Å². The third kappa shape index (κ3) is 4.69. The SMILES string of the molecule is CCC(=O)Nc1cccc(C(=O)Nc2cccc(NC(=O)C3CC3)c2)c1. The molecule has 3 rings (SSSR count). The van der Waals surface area contributed by atoms with Gasteiger partial charge in [-0.05, 0) is 49.2 Å². The first kappa shape index (κ1) is 17.7. The van der Waals surface area contributed by atoms with Gasteiger partial charge in [0.15, 0.2) is 0 Å². The van der Waals surface area contributed by atoms with Crippen molar-refractivity contribution in [3.8, 4) is 0 Å². The van der Waals surface area contributed by atoms with E-state index in [4.69, 9.17) is 0 Å². The number of carbonyl (C=O) groups is 3. The van der Waals surface area contributed by atoms with E-state index in [1.54, 1.807) is 55.5 Å². The Balaban J connectivity index is 1.66. The third-order valence-electron chi connectivity index (χ3n) is 4.07. The van der Waals surface area contributed by atoms with E-state index in [1.807, 2.05) is 0 Å². The van der Waals surface area contributed by atoms with Crippen LogP contribution in [0.4, 0.5) is 17.1 Å². The lowest BCUT2D eigenvalue weighted by atomic mass is 10.1. The fourth-order valence-corrected chi connectivity index (χ4v) is 2.46. The van der Waals surface area contributed by atoms with Gasteiger partial charge in [0, 0.05) is 35.0 Å². The molecule has 2 aromatic carbocycles. The van der Waals surface area contributed by atoms with E-state index in [-0.39, 0.29) is 23.6 Å². The standard InChI is InChI=1S/C20H21N3O3/c1-2-18(24)21-15-6-3-5-14(11-15)20(26)23-17-8-4-7-16(12-17)22-19(25)13-9-10-13/h3-8,11-13H,2,9-10H2,1H3,(H,21,24)(H,22,25)(H,23,26). The molecular formula is C20H21N3O3. The molecule has 0 saturated heterocycles. The van der Waals surface area contributed by atoms with Crippen LogP contribution >= 0.6 is 0 Å². The van der Waals surface area contributed by atoms with Crippen molar-refractivity contribution in [1.29, 1.82) is 0 Å². The fourth-order valence-electron chi connectivity index (χ4n) is 2.46. The molecule has 6 nitrogen and oxygen atoms in total. The Kier molecular flexibility index (Phi) is 5.31. The minimum atomic E-state index is -0.289. The number of hydrogen-bond acceptors (Lipinski definition) is 3. The zero-order chi connectivity index (χ0) is 18.5. The van der Waals surface area contributed by atoms with Crippen LogP contribution in [0.25, 0.3) is 0 Å². The zero-order valence-electron chi connectivity index (χ0n) is 14.5. The Morgan fingerprint density at radius 3 is 2.15 bits per heavy atom. The van der Waals surface area contributed by atoms with Crippen LogP contribution in [0, 0.1) is 5.92 Å². The number of carbonyl (C=O) groups excluding carboxylic acids is 3. The number of rotatable bonds is 6. The average Bonchev–Trinajstić information content (AvgIpc) is 3.47. The average molecular weight is 351 g/mol. The summed E-state index contributed by atoms with van der Waals surface area (Å²) >= 11 is 0. The van der Waals surface area contributed by atoms with Crippen molar-refractivity contribution in [3.05, 3.63) is 54.1 Å². The second-order valence-corrected chi connectivity index (χ2v) is 6.28. The number of amides is 3. The Morgan fingerprint density at radius 2 is 1.50 bits per heavy atom. The first-order valence-electron chi connectivity index (χ1n) is 8.67. The maximum absolute atomic E-state index is 12.5. The van der Waals surface area contributed by atoms with Crippen LogP contribution in [0.1, 0.15) is 36.5 Å². The van der Waals surface area contributed by atoms with Gasteiger partial charge in [0.05, 0.1) is 0 Å². The maximum Gasteiger partial charge on any atom is 0.255 e. The van der Waals surface area contributed by atoms with Crippen molar-refractivity contribution < 1.29 is 14.4 Å². The summed E-state index contributed by atoms with van der Waals surface area (Å²) in [5, 5.41) is 8.40. The minimum absolute atomic E-state index is 0.0212. The quantitative estimate of drug-likeness (QED) is 0.742. The number of benzene rings is 2. The van der Waals surface area contributed by atoms with Crippen molar-refractivity contribution in [2.45, 2.75) is 26.2 Å². The van der Waals surface area contributed by atoms with Crippen LogP contribution < -0.4 is 16.0 Å². The van der Waals surface area contributed by atoms with Crippen LogP contribution in [0.15, 0.2) is 48.5 Å². The molecule has 6 heteroatoms. The summed E-state index contributed by atoms with van der Waals surface area (Å²) in [5.41, 5.74) is 2.26. The summed E-state index contributed by atoms with van der Waals surface area (Å²) in [4.78, 5) is 35.8. The molecule has 0 radical (unpaired) electrons. The highest BCUT2D eigenvalue weighted by Gasteiger charge is 2.29. The Morgan fingerprint density at radius 1 is 0.885 bits per heavy atom. The van der Waals surface area contributed by atoms with Crippen molar-refractivity contribution in [3.63, 3.8) is 0 Å². The van der Waals surface area contributed by atoms with E-state index in [9.17, 15) is 14.4 Å². The molecular weight excluding hydrogens is 330 g/mol. The molecule has 0 aromatic heterocycles. The maximum atomic E-state index is 12.5. The molecule has 2 aromatic rings. The Labute approximate surface area is 152 Å². The van der Waals surface area contributed by atoms with Crippen LogP contribution in [0.3, 0.4) is 0 Å². The molecule has 0 atom stereocenters. The monoisotopic (exact) mass is 351 g/mol. The van der Waals surface area contributed by atoms with Crippen LogP contribution in [-0.2, 0) is 9.59 Å². The van der Waals surface area contributed by atoms with Gasteiger partial charge in [-0.3, -0.25) is 14.4 Å². The second kappa shape index (κ2) is 7.82. The lowest BCUT2D eigenvalue weighted by Crippen LogP contribution is -2.15. The van der Waals surface area contributed by atoms with E-state index >= 15 is 0 Å². The molecule has 1 saturated carbocycles. The van der Waals surface area contributed by atoms with Gasteiger partial charge in [-0.2, -0.15) is 0 Å². The predicted octanol–water partition coefficient (Wildman–Crippen LogP) is 3.64. The van der Waals surface area contributed by atoms with Gasteiger partial charge in [0.2, 0.25) is 11.8 Å². The molecule has 0 unspecified atom stereocenters. The second-order valence-electron chi connectivity index (χ2n) is 6.28. The third-order valence-corrected chi connectivity index (χ3v) is 4.07. The minimum Gasteiger partial charge on any atom is -0.326 e. The summed E-state index contributed by atoms with van der Waals surface area (Å²) in [6.07, 6.45) is 2.25. The van der Waals surface area contributed by atoms with Crippen LogP contribution in [0.5, 0.6) is 0 Å². The summed E-state index contributed by atoms with van der Waals surface area (Å²) < 4.78 is 0. The van der Waals surface area contributed by atoms with E-state index in [1.165, 1.54) is 0 Å². The number of hydrogen-bond donors (Lipinski definition) is 3. The molecule has 0 aliphatic heterocycles. The van der Waals surface area contributed by atoms with Crippen LogP contribution in [-0.4, -0.2) is 17.7 Å². The summed E-state index contributed by atoms with van der Waals surface area (Å²) in [6, 6.07) is 13.8. The lowest BCUT2D eigenvalue weighted by Gasteiger charge is -2.10. The first-order chi connectivity index (χ1) is 12.5. The van der Waals surface area contributed by atoms with E-state index < -0.39 is 0 Å². The van der Waals surface area contributed by atoms with Gasteiger partial charge in [0.1, 0.15) is 0 Å². The van der Waals surface area contributed by atoms with Crippen molar-refractivity contribution >= 4 is 34.8 Å². The zero-order valence-corrected chi connectivity index (χ0v) is 14.5. The van der Waals surface area contributed by atoms with Gasteiger partial charge in [-0.1, -0.05) is 19.1 Å². The molecule has 1 aliphatic rings. The van der Waals surface area contributed by atoms with Gasteiger partial charge in [-0.25, -0.2) is 0 Å². The smallest absolute Gasteiger partial charge is 0.255 e. The molecule has 0 spiro atoms. The Hall–Kier alpha value is -3.15. The Bertz CT molecular complexity index is 844. The number of anilines is 3. The normalized spacial score (nSPS) is 13.0. The molecule has 3 N–H and O–H groups in total. The van der Waals surface area contributed by atoms with Crippen LogP contribution in [0.2, 0.25) is 0 Å². The first-order valence-corrected chi connectivity index (χ1v) is 8.67. The molecule has 1 aliphatic carbocycles. The largest absolute Gasteiger partial charge is 0.326 e. The highest BCUT2D eigenvalue weighted by molar-refractivity contribution is 6.05. The highest BCUT2D eigenvalue weighted by atomic mass is 16.2. The number of nitrogens with one attached hydrogen (secondary N) is 3. The van der Waals surface area contributed by atoms with Gasteiger partial charge in [-0.15, -0.1) is 0 Å². The molecule has 1 fully saturated rings. The summed E-state index contributed by atoms with van der Waals surface area (Å²) in [7, 11) is 0. The van der Waals surface area contributed by atoms with E-state index in [2.05, 4.69) is 16.0 Å². The van der Waals surface area contributed by atoms with Crippen molar-refractivity contribution in [2.75, 3.05) is 16.0 Å².